The van der Waals surface area contributed by atoms with Crippen LogP contribution in [0.5, 0.6) is 0 Å². The summed E-state index contributed by atoms with van der Waals surface area (Å²) in [7, 11) is -2.09. The van der Waals surface area contributed by atoms with Crippen LogP contribution < -0.4 is 0 Å². The average molecular weight is 418 g/mol. The Hall–Kier alpha value is -1.31. The number of halogens is 4. The lowest BCUT2D eigenvalue weighted by Gasteiger charge is -2.38. The third-order valence-electron chi connectivity index (χ3n) is 4.93. The quantitative estimate of drug-likeness (QED) is 0.524. The predicted molar refractivity (Wildman–Crippen MR) is 104 cm³/mol. The number of aromatic nitrogens is 2. The van der Waals surface area contributed by atoms with Gasteiger partial charge in [0, 0.05) is 16.7 Å². The molecule has 0 bridgehead atoms. The van der Waals surface area contributed by atoms with Crippen molar-refractivity contribution in [1.29, 1.82) is 0 Å². The van der Waals surface area contributed by atoms with Gasteiger partial charge < -0.3 is 4.43 Å². The molecule has 0 saturated heterocycles. The zero-order valence-electron chi connectivity index (χ0n) is 16.4. The number of nitrogens with zero attached hydrogens (tertiary/aromatic N) is 2. The van der Waals surface area contributed by atoms with Crippen LogP contribution in [0, 0.1) is 6.07 Å². The van der Waals surface area contributed by atoms with Crippen LogP contribution in [-0.2, 0) is 17.1 Å². The van der Waals surface area contributed by atoms with Gasteiger partial charge in [-0.2, -0.15) is 18.3 Å². The van der Waals surface area contributed by atoms with Crippen molar-refractivity contribution in [1.82, 2.24) is 9.78 Å². The molecule has 2 rings (SSSR count). The van der Waals surface area contributed by atoms with E-state index in [2.05, 4.69) is 45.0 Å². The van der Waals surface area contributed by atoms with Crippen LogP contribution in [0.4, 0.5) is 13.2 Å². The van der Waals surface area contributed by atoms with E-state index < -0.39 is 26.3 Å². The third-order valence-corrected chi connectivity index (χ3v) is 9.76. The Morgan fingerprint density at radius 1 is 1.26 bits per heavy atom. The van der Waals surface area contributed by atoms with Crippen molar-refractivity contribution in [2.45, 2.75) is 64.7 Å². The summed E-state index contributed by atoms with van der Waals surface area (Å²) in [5.74, 6) is 0. The largest absolute Gasteiger partial charge is 0.433 e. The highest BCUT2D eigenvalue weighted by atomic mass is 35.5. The molecule has 0 aliphatic heterocycles. The number of benzene rings is 1. The molecule has 0 N–H and O–H groups in total. The van der Waals surface area contributed by atoms with Crippen molar-refractivity contribution in [2.24, 2.45) is 0 Å². The molecule has 2 aromatic rings. The van der Waals surface area contributed by atoms with Crippen LogP contribution >= 0.6 is 11.6 Å². The molecular formula is C19H25ClF3N2OSi. The molecule has 0 amide bonds. The second-order valence-electron chi connectivity index (χ2n) is 8.20. The minimum Gasteiger partial charge on any atom is -0.412 e. The Kier molecular flexibility index (Phi) is 6.19. The summed E-state index contributed by atoms with van der Waals surface area (Å²) in [5.41, 5.74) is -0.408. The first-order valence-electron chi connectivity index (χ1n) is 8.71. The lowest BCUT2D eigenvalue weighted by Crippen LogP contribution is -2.44. The summed E-state index contributed by atoms with van der Waals surface area (Å²) in [6, 6.07) is 7.20. The highest BCUT2D eigenvalue weighted by Gasteiger charge is 2.41. The van der Waals surface area contributed by atoms with E-state index in [1.807, 2.05) is 0 Å². The molecule has 8 heteroatoms. The first kappa shape index (κ1) is 22.0. The molecule has 0 aliphatic rings. The molecule has 149 valence electrons. The summed E-state index contributed by atoms with van der Waals surface area (Å²) in [5, 5.41) is 4.32. The standard InChI is InChI=1S/C19H25ClF3N2OSi/c1-13(26-27(5,6)18(2,3)4)12-25-17(19(21,22)23)16(11-24-25)14-7-9-15(20)10-8-14/h7-9,11,13H,12H2,1-6H3. The highest BCUT2D eigenvalue weighted by Crippen LogP contribution is 2.39. The van der Waals surface area contributed by atoms with Crippen LogP contribution in [0.2, 0.25) is 23.2 Å². The molecule has 0 spiro atoms. The fraction of sp³-hybridized carbons (Fsp3) is 0.526. The topological polar surface area (TPSA) is 27.1 Å². The molecule has 1 aromatic heterocycles. The summed E-state index contributed by atoms with van der Waals surface area (Å²) in [6.07, 6.45) is -3.70. The predicted octanol–water partition coefficient (Wildman–Crippen LogP) is 6.43. The van der Waals surface area contributed by atoms with E-state index in [0.29, 0.717) is 10.6 Å². The van der Waals surface area contributed by atoms with Crippen LogP contribution in [-0.4, -0.2) is 24.2 Å². The van der Waals surface area contributed by atoms with E-state index in [0.717, 1.165) is 4.68 Å². The molecule has 0 saturated carbocycles. The Morgan fingerprint density at radius 3 is 2.37 bits per heavy atom. The van der Waals surface area contributed by atoms with E-state index in [9.17, 15) is 13.2 Å². The third kappa shape index (κ3) is 5.15. The van der Waals surface area contributed by atoms with Gasteiger partial charge >= 0.3 is 6.18 Å². The monoisotopic (exact) mass is 417 g/mol. The SMILES string of the molecule is CC(Cn1ncc(-c2c[c]c(Cl)cc2)c1C(F)(F)F)O[Si](C)(C)C(C)(C)C. The van der Waals surface area contributed by atoms with E-state index in [4.69, 9.17) is 16.0 Å². The molecule has 1 heterocycles. The molecule has 0 aliphatic carbocycles. The van der Waals surface area contributed by atoms with Gasteiger partial charge in [0.25, 0.3) is 0 Å². The maximum Gasteiger partial charge on any atom is 0.433 e. The van der Waals surface area contributed by atoms with Gasteiger partial charge in [0.05, 0.1) is 18.8 Å². The van der Waals surface area contributed by atoms with Crippen molar-refractivity contribution in [3.63, 3.8) is 0 Å². The van der Waals surface area contributed by atoms with Gasteiger partial charge in [0.1, 0.15) is 5.69 Å². The molecular weight excluding hydrogens is 393 g/mol. The molecule has 1 aromatic carbocycles. The van der Waals surface area contributed by atoms with Crippen molar-refractivity contribution < 1.29 is 17.6 Å². The highest BCUT2D eigenvalue weighted by molar-refractivity contribution is 6.74. The number of hydrogen-bond acceptors (Lipinski definition) is 2. The fourth-order valence-corrected chi connectivity index (χ4v) is 4.12. The van der Waals surface area contributed by atoms with Crippen LogP contribution in [0.15, 0.2) is 24.4 Å². The first-order chi connectivity index (χ1) is 12.2. The van der Waals surface area contributed by atoms with Crippen LogP contribution in [0.3, 0.4) is 0 Å². The molecule has 1 unspecified atom stereocenters. The fourth-order valence-electron chi connectivity index (χ4n) is 2.57. The van der Waals surface area contributed by atoms with Gasteiger partial charge in [-0.15, -0.1) is 0 Å². The molecule has 27 heavy (non-hydrogen) atoms. The Morgan fingerprint density at radius 2 is 1.89 bits per heavy atom. The molecule has 3 nitrogen and oxygen atoms in total. The Balaban J connectivity index is 2.34. The Bertz CT molecular complexity index is 780. The smallest absolute Gasteiger partial charge is 0.412 e. The maximum absolute atomic E-state index is 13.8. The summed E-state index contributed by atoms with van der Waals surface area (Å²) < 4.78 is 48.4. The van der Waals surface area contributed by atoms with Crippen molar-refractivity contribution >= 4 is 19.9 Å². The van der Waals surface area contributed by atoms with E-state index in [1.165, 1.54) is 24.4 Å². The van der Waals surface area contributed by atoms with Gasteiger partial charge in [-0.05, 0) is 42.8 Å². The zero-order chi connectivity index (χ0) is 20.6. The van der Waals surface area contributed by atoms with E-state index >= 15 is 0 Å². The van der Waals surface area contributed by atoms with Crippen molar-refractivity contribution in [2.75, 3.05) is 0 Å². The lowest BCUT2D eigenvalue weighted by atomic mass is 10.1. The normalized spacial score (nSPS) is 14.4. The summed E-state index contributed by atoms with van der Waals surface area (Å²) in [6.45, 7) is 12.2. The maximum atomic E-state index is 13.8. The van der Waals surface area contributed by atoms with Crippen molar-refractivity contribution in [3.05, 3.63) is 41.2 Å². The van der Waals surface area contributed by atoms with Gasteiger partial charge in [-0.1, -0.05) is 38.4 Å². The van der Waals surface area contributed by atoms with Crippen LogP contribution in [0.25, 0.3) is 11.1 Å². The molecule has 1 radical (unpaired) electrons. The second-order valence-corrected chi connectivity index (χ2v) is 13.4. The Labute approximate surface area is 164 Å². The number of alkyl halides is 3. The zero-order valence-corrected chi connectivity index (χ0v) is 18.2. The van der Waals surface area contributed by atoms with Crippen molar-refractivity contribution in [3.8, 4) is 11.1 Å². The van der Waals surface area contributed by atoms with E-state index in [1.54, 1.807) is 6.92 Å². The van der Waals surface area contributed by atoms with Gasteiger partial charge in [-0.25, -0.2) is 0 Å². The lowest BCUT2D eigenvalue weighted by molar-refractivity contribution is -0.144. The van der Waals surface area contributed by atoms with E-state index in [-0.39, 0.29) is 17.1 Å². The molecule has 0 fully saturated rings. The summed E-state index contributed by atoms with van der Waals surface area (Å²) >= 11 is 5.79. The average Bonchev–Trinajstić information content (AvgIpc) is 2.89. The summed E-state index contributed by atoms with van der Waals surface area (Å²) in [4.78, 5) is 0. The van der Waals surface area contributed by atoms with Gasteiger partial charge in [0.2, 0.25) is 0 Å². The number of rotatable bonds is 5. The minimum absolute atomic E-state index is 0.00921. The van der Waals surface area contributed by atoms with Crippen LogP contribution in [0.1, 0.15) is 33.4 Å². The second kappa shape index (κ2) is 7.60. The first-order valence-corrected chi connectivity index (χ1v) is 12.0. The van der Waals surface area contributed by atoms with Gasteiger partial charge in [-0.3, -0.25) is 4.68 Å². The minimum atomic E-state index is -4.54. The number of hydrogen-bond donors (Lipinski definition) is 0. The van der Waals surface area contributed by atoms with Gasteiger partial charge in [0.15, 0.2) is 8.32 Å². The molecule has 1 atom stereocenters.